The Morgan fingerprint density at radius 2 is 2.11 bits per heavy atom. The third-order valence-corrected chi connectivity index (χ3v) is 2.24. The summed E-state index contributed by atoms with van der Waals surface area (Å²) in [6, 6.07) is 1.31. The number of carbonyl (C=O) groups is 2. The van der Waals surface area contributed by atoms with Crippen LogP contribution in [0, 0.1) is 0 Å². The van der Waals surface area contributed by atoms with Crippen molar-refractivity contribution in [2.45, 2.75) is 32.3 Å². The molecule has 1 aromatic rings. The molecule has 0 bridgehead atoms. The van der Waals surface area contributed by atoms with Gasteiger partial charge in [0, 0.05) is 0 Å². The standard InChI is InChI=1S/C12H15ClN2O4/c1-12(2,3)19-11(18)15-9-6-14-7(5-13)4-8(9)10(16)17/h4,6H,5H2,1-3H3,(H,15,18)(H,16,17). The normalized spacial score (nSPS) is 10.9. The monoisotopic (exact) mass is 286 g/mol. The number of nitrogens with one attached hydrogen (secondary N) is 1. The second-order valence-electron chi connectivity index (χ2n) is 4.79. The fraction of sp³-hybridized carbons (Fsp3) is 0.417. The van der Waals surface area contributed by atoms with E-state index in [1.54, 1.807) is 20.8 Å². The molecule has 0 saturated carbocycles. The van der Waals surface area contributed by atoms with Gasteiger partial charge in [-0.15, -0.1) is 11.6 Å². The molecule has 104 valence electrons. The molecule has 0 aliphatic rings. The predicted molar refractivity (Wildman–Crippen MR) is 70.6 cm³/mol. The maximum absolute atomic E-state index is 11.6. The van der Waals surface area contributed by atoms with Gasteiger partial charge in [-0.1, -0.05) is 0 Å². The van der Waals surface area contributed by atoms with Gasteiger partial charge in [0.2, 0.25) is 0 Å². The minimum absolute atomic E-state index is 0.0654. The van der Waals surface area contributed by atoms with Crippen molar-refractivity contribution < 1.29 is 19.4 Å². The zero-order valence-corrected chi connectivity index (χ0v) is 11.6. The number of alkyl halides is 1. The summed E-state index contributed by atoms with van der Waals surface area (Å²) in [5.74, 6) is -1.09. The molecule has 0 atom stereocenters. The van der Waals surface area contributed by atoms with E-state index in [1.807, 2.05) is 0 Å². The smallest absolute Gasteiger partial charge is 0.412 e. The Hall–Kier alpha value is -1.82. The first-order chi connectivity index (χ1) is 8.73. The summed E-state index contributed by atoms with van der Waals surface area (Å²) in [7, 11) is 0. The van der Waals surface area contributed by atoms with Crippen molar-refractivity contribution in [2.75, 3.05) is 5.32 Å². The summed E-state index contributed by atoms with van der Waals surface area (Å²) in [5, 5.41) is 11.4. The van der Waals surface area contributed by atoms with Crippen LogP contribution in [-0.2, 0) is 10.6 Å². The van der Waals surface area contributed by atoms with Gasteiger partial charge in [-0.05, 0) is 26.8 Å². The van der Waals surface area contributed by atoms with E-state index in [-0.39, 0.29) is 17.1 Å². The number of rotatable bonds is 3. The highest BCUT2D eigenvalue weighted by atomic mass is 35.5. The molecule has 6 nitrogen and oxygen atoms in total. The number of carboxylic acid groups (broad SMARTS) is 1. The fourth-order valence-electron chi connectivity index (χ4n) is 1.26. The van der Waals surface area contributed by atoms with Crippen LogP contribution in [-0.4, -0.2) is 27.8 Å². The van der Waals surface area contributed by atoms with Crippen molar-refractivity contribution in [3.05, 3.63) is 23.5 Å². The van der Waals surface area contributed by atoms with Gasteiger partial charge in [0.15, 0.2) is 0 Å². The molecular weight excluding hydrogens is 272 g/mol. The highest BCUT2D eigenvalue weighted by Gasteiger charge is 2.19. The fourth-order valence-corrected chi connectivity index (χ4v) is 1.41. The number of aromatic nitrogens is 1. The molecule has 1 heterocycles. The second kappa shape index (κ2) is 5.88. The van der Waals surface area contributed by atoms with Crippen molar-refractivity contribution in [3.63, 3.8) is 0 Å². The average molecular weight is 287 g/mol. The Bertz CT molecular complexity index is 497. The molecule has 2 N–H and O–H groups in total. The summed E-state index contributed by atoms with van der Waals surface area (Å²) < 4.78 is 5.04. The van der Waals surface area contributed by atoms with Gasteiger partial charge in [-0.3, -0.25) is 10.3 Å². The molecule has 19 heavy (non-hydrogen) atoms. The van der Waals surface area contributed by atoms with Crippen molar-refractivity contribution in [1.82, 2.24) is 4.98 Å². The molecule has 7 heteroatoms. The predicted octanol–water partition coefficient (Wildman–Crippen LogP) is 2.87. The number of amides is 1. The number of pyridine rings is 1. The summed E-state index contributed by atoms with van der Waals surface area (Å²) in [4.78, 5) is 26.6. The third-order valence-electron chi connectivity index (χ3n) is 1.96. The summed E-state index contributed by atoms with van der Waals surface area (Å²) in [6.45, 7) is 5.12. The summed E-state index contributed by atoms with van der Waals surface area (Å²) in [6.07, 6.45) is 0.501. The van der Waals surface area contributed by atoms with Gasteiger partial charge >= 0.3 is 12.1 Å². The number of hydrogen-bond donors (Lipinski definition) is 2. The Labute approximate surface area is 115 Å². The van der Waals surface area contributed by atoms with E-state index in [0.717, 1.165) is 0 Å². The van der Waals surface area contributed by atoms with Crippen LogP contribution in [0.3, 0.4) is 0 Å². The third kappa shape index (κ3) is 4.75. The van der Waals surface area contributed by atoms with Crippen LogP contribution in [0.5, 0.6) is 0 Å². The van der Waals surface area contributed by atoms with E-state index in [4.69, 9.17) is 21.4 Å². The maximum atomic E-state index is 11.6. The van der Waals surface area contributed by atoms with Crippen molar-refractivity contribution in [3.8, 4) is 0 Å². The minimum atomic E-state index is -1.18. The molecule has 0 fully saturated rings. The van der Waals surface area contributed by atoms with Crippen LogP contribution in [0.15, 0.2) is 12.3 Å². The lowest BCUT2D eigenvalue weighted by atomic mass is 10.2. The van der Waals surface area contributed by atoms with E-state index < -0.39 is 17.7 Å². The largest absolute Gasteiger partial charge is 0.478 e. The molecule has 1 rings (SSSR count). The Balaban J connectivity index is 2.95. The molecule has 1 amide bonds. The number of carbonyl (C=O) groups excluding carboxylic acids is 1. The molecule has 0 unspecified atom stereocenters. The maximum Gasteiger partial charge on any atom is 0.412 e. The van der Waals surface area contributed by atoms with Gasteiger partial charge < -0.3 is 9.84 Å². The zero-order chi connectivity index (χ0) is 14.6. The number of halogens is 1. The van der Waals surface area contributed by atoms with Gasteiger partial charge in [0.25, 0.3) is 0 Å². The van der Waals surface area contributed by atoms with Crippen LogP contribution in [0.2, 0.25) is 0 Å². The van der Waals surface area contributed by atoms with Gasteiger partial charge in [-0.2, -0.15) is 0 Å². The molecule has 0 radical (unpaired) electrons. The van der Waals surface area contributed by atoms with Crippen LogP contribution < -0.4 is 5.32 Å². The lowest BCUT2D eigenvalue weighted by Gasteiger charge is -2.20. The minimum Gasteiger partial charge on any atom is -0.478 e. The van der Waals surface area contributed by atoms with E-state index in [1.165, 1.54) is 12.3 Å². The Kier molecular flexibility index (Phi) is 4.72. The SMILES string of the molecule is CC(C)(C)OC(=O)Nc1cnc(CCl)cc1C(=O)O. The summed E-state index contributed by atoms with van der Waals surface area (Å²) in [5.41, 5.74) is -0.280. The lowest BCUT2D eigenvalue weighted by molar-refractivity contribution is 0.0636. The first-order valence-corrected chi connectivity index (χ1v) is 6.04. The molecular formula is C12H15ClN2O4. The van der Waals surface area contributed by atoms with E-state index in [0.29, 0.717) is 5.69 Å². The van der Waals surface area contributed by atoms with E-state index >= 15 is 0 Å². The number of anilines is 1. The van der Waals surface area contributed by atoms with E-state index in [9.17, 15) is 9.59 Å². The van der Waals surface area contributed by atoms with Crippen molar-refractivity contribution in [1.29, 1.82) is 0 Å². The van der Waals surface area contributed by atoms with Gasteiger partial charge in [-0.25, -0.2) is 9.59 Å². The highest BCUT2D eigenvalue weighted by molar-refractivity contribution is 6.17. The number of hydrogen-bond acceptors (Lipinski definition) is 4. The van der Waals surface area contributed by atoms with E-state index in [2.05, 4.69) is 10.3 Å². The quantitative estimate of drug-likeness (QED) is 0.834. The first-order valence-electron chi connectivity index (χ1n) is 5.51. The molecule has 0 aliphatic carbocycles. The Morgan fingerprint density at radius 1 is 1.47 bits per heavy atom. The summed E-state index contributed by atoms with van der Waals surface area (Å²) >= 11 is 5.58. The topological polar surface area (TPSA) is 88.5 Å². The first kappa shape index (κ1) is 15.2. The van der Waals surface area contributed by atoms with Crippen LogP contribution >= 0.6 is 11.6 Å². The van der Waals surface area contributed by atoms with Crippen LogP contribution in [0.4, 0.5) is 10.5 Å². The highest BCUT2D eigenvalue weighted by Crippen LogP contribution is 2.18. The average Bonchev–Trinajstić information content (AvgIpc) is 2.26. The van der Waals surface area contributed by atoms with Crippen molar-refractivity contribution in [2.24, 2.45) is 0 Å². The second-order valence-corrected chi connectivity index (χ2v) is 5.05. The van der Waals surface area contributed by atoms with Gasteiger partial charge in [0.05, 0.1) is 29.0 Å². The number of nitrogens with zero attached hydrogens (tertiary/aromatic N) is 1. The van der Waals surface area contributed by atoms with Crippen LogP contribution in [0.1, 0.15) is 36.8 Å². The molecule has 0 aromatic carbocycles. The van der Waals surface area contributed by atoms with Gasteiger partial charge in [0.1, 0.15) is 5.60 Å². The Morgan fingerprint density at radius 3 is 2.58 bits per heavy atom. The lowest BCUT2D eigenvalue weighted by Crippen LogP contribution is -2.27. The molecule has 0 saturated heterocycles. The molecule has 1 aromatic heterocycles. The zero-order valence-electron chi connectivity index (χ0n) is 10.9. The number of aromatic carboxylic acids is 1. The van der Waals surface area contributed by atoms with Crippen LogP contribution in [0.25, 0.3) is 0 Å². The van der Waals surface area contributed by atoms with Crippen molar-refractivity contribution >= 4 is 29.4 Å². The molecule has 0 aliphatic heterocycles. The molecule has 0 spiro atoms. The number of carboxylic acids is 1. The number of ether oxygens (including phenoxy) is 1.